The molecule has 188 valence electrons. The van der Waals surface area contributed by atoms with Gasteiger partial charge in [0.1, 0.15) is 6.04 Å². The molecule has 3 heterocycles. The number of hydrogen-bond donors (Lipinski definition) is 2. The highest BCUT2D eigenvalue weighted by Gasteiger charge is 2.45. The number of fused-ring (bicyclic) bond motifs is 1. The zero-order valence-electron chi connectivity index (χ0n) is 20.2. The van der Waals surface area contributed by atoms with E-state index in [-0.39, 0.29) is 24.7 Å². The van der Waals surface area contributed by atoms with Crippen LogP contribution < -0.4 is 10.2 Å². The Labute approximate surface area is 204 Å². The Balaban J connectivity index is 1.50. The maximum atomic E-state index is 13.4. The summed E-state index contributed by atoms with van der Waals surface area (Å²) < 4.78 is 0. The van der Waals surface area contributed by atoms with E-state index in [9.17, 15) is 24.0 Å². The van der Waals surface area contributed by atoms with Crippen LogP contribution in [0.4, 0.5) is 5.69 Å². The normalized spacial score (nSPS) is 21.0. The second-order valence-electron chi connectivity index (χ2n) is 10.3. The second-order valence-corrected chi connectivity index (χ2v) is 10.3. The molecule has 2 N–H and O–H groups in total. The molecule has 4 amide bonds. The number of benzene rings is 1. The number of hydrogen-bond acceptors (Lipinski definition) is 6. The minimum absolute atomic E-state index is 0.0828. The van der Waals surface area contributed by atoms with Crippen LogP contribution >= 0.6 is 0 Å². The van der Waals surface area contributed by atoms with Crippen LogP contribution in [0, 0.1) is 5.41 Å². The van der Waals surface area contributed by atoms with Crippen LogP contribution in [-0.4, -0.2) is 83.3 Å². The van der Waals surface area contributed by atoms with E-state index in [1.54, 1.807) is 30.9 Å². The SMILES string of the molecule is CC(C)(CC(=O)O)CC(=O)N1CCCN(c2cccc3c2C(=O)N(C2CCCNC2=O)C3=O)CC1. The summed E-state index contributed by atoms with van der Waals surface area (Å²) in [6.45, 7) is 6.14. The molecular weight excluding hydrogens is 452 g/mol. The third-order valence-corrected chi connectivity index (χ3v) is 6.94. The van der Waals surface area contributed by atoms with Crippen molar-refractivity contribution >= 4 is 35.3 Å². The number of carboxylic acid groups (broad SMARTS) is 1. The van der Waals surface area contributed by atoms with Crippen molar-refractivity contribution in [2.75, 3.05) is 37.6 Å². The quantitative estimate of drug-likeness (QED) is 0.586. The van der Waals surface area contributed by atoms with Crippen molar-refractivity contribution in [1.82, 2.24) is 15.1 Å². The summed E-state index contributed by atoms with van der Waals surface area (Å²) >= 11 is 0. The second kappa shape index (κ2) is 9.67. The molecule has 0 radical (unpaired) electrons. The van der Waals surface area contributed by atoms with Crippen LogP contribution in [0.25, 0.3) is 0 Å². The van der Waals surface area contributed by atoms with Crippen LogP contribution in [0.1, 0.15) is 66.7 Å². The third-order valence-electron chi connectivity index (χ3n) is 6.94. The first-order chi connectivity index (χ1) is 16.6. The molecule has 10 nitrogen and oxygen atoms in total. The molecule has 2 saturated heterocycles. The number of rotatable bonds is 6. The molecule has 10 heteroatoms. The molecule has 0 saturated carbocycles. The number of amides is 4. The van der Waals surface area contributed by atoms with Gasteiger partial charge < -0.3 is 20.2 Å². The first-order valence-electron chi connectivity index (χ1n) is 12.1. The van der Waals surface area contributed by atoms with Crippen LogP contribution in [0.15, 0.2) is 18.2 Å². The highest BCUT2D eigenvalue weighted by molar-refractivity contribution is 6.25. The summed E-state index contributed by atoms with van der Waals surface area (Å²) in [5.41, 5.74) is 0.619. The van der Waals surface area contributed by atoms with E-state index in [0.29, 0.717) is 68.8 Å². The number of piperidine rings is 1. The lowest BCUT2D eigenvalue weighted by atomic mass is 9.85. The van der Waals surface area contributed by atoms with Crippen LogP contribution in [0.5, 0.6) is 0 Å². The Morgan fingerprint density at radius 2 is 1.80 bits per heavy atom. The molecule has 1 atom stereocenters. The van der Waals surface area contributed by atoms with E-state index in [2.05, 4.69) is 5.32 Å². The smallest absolute Gasteiger partial charge is 0.303 e. The average molecular weight is 485 g/mol. The maximum absolute atomic E-state index is 13.4. The Bertz CT molecular complexity index is 1070. The zero-order chi connectivity index (χ0) is 25.3. The van der Waals surface area contributed by atoms with Gasteiger partial charge in [0.2, 0.25) is 11.8 Å². The number of aliphatic carboxylic acids is 1. The first kappa shape index (κ1) is 24.7. The zero-order valence-corrected chi connectivity index (χ0v) is 20.2. The molecule has 0 aliphatic carbocycles. The standard InChI is InChI=1S/C25H32N4O6/c1-25(2,15-20(31)32)14-19(30)28-11-5-10-27(12-13-28)17-7-3-6-16-21(17)24(35)29(23(16)34)18-8-4-9-26-22(18)33/h3,6-7,18H,4-5,8-15H2,1-2H3,(H,26,33)(H,31,32). The molecule has 35 heavy (non-hydrogen) atoms. The molecule has 1 aromatic carbocycles. The highest BCUT2D eigenvalue weighted by atomic mass is 16.4. The van der Waals surface area contributed by atoms with E-state index < -0.39 is 29.2 Å². The summed E-state index contributed by atoms with van der Waals surface area (Å²) in [7, 11) is 0. The summed E-state index contributed by atoms with van der Waals surface area (Å²) in [5, 5.41) is 11.8. The summed E-state index contributed by atoms with van der Waals surface area (Å²) in [4.78, 5) is 67.8. The Hall–Kier alpha value is -3.43. The van der Waals surface area contributed by atoms with Gasteiger partial charge in [0.05, 0.1) is 23.2 Å². The topological polar surface area (TPSA) is 127 Å². The fourth-order valence-electron chi connectivity index (χ4n) is 5.24. The van der Waals surface area contributed by atoms with Crippen LogP contribution in [0.3, 0.4) is 0 Å². The molecule has 0 spiro atoms. The van der Waals surface area contributed by atoms with Crippen molar-refractivity contribution in [2.45, 2.75) is 52.0 Å². The average Bonchev–Trinajstić information content (AvgIpc) is 2.94. The van der Waals surface area contributed by atoms with E-state index in [0.717, 1.165) is 4.90 Å². The number of nitrogens with zero attached hydrogens (tertiary/aromatic N) is 3. The van der Waals surface area contributed by atoms with Crippen molar-refractivity contribution in [3.8, 4) is 0 Å². The van der Waals surface area contributed by atoms with Gasteiger partial charge in [0.25, 0.3) is 11.8 Å². The molecule has 4 rings (SSSR count). The van der Waals surface area contributed by atoms with E-state index in [1.165, 1.54) is 0 Å². The van der Waals surface area contributed by atoms with Gasteiger partial charge in [-0.1, -0.05) is 19.9 Å². The Morgan fingerprint density at radius 1 is 1.03 bits per heavy atom. The maximum Gasteiger partial charge on any atom is 0.303 e. The van der Waals surface area contributed by atoms with Crippen molar-refractivity contribution in [3.05, 3.63) is 29.3 Å². The van der Waals surface area contributed by atoms with Crippen molar-refractivity contribution < 1.29 is 29.1 Å². The molecule has 2 fully saturated rings. The molecule has 3 aliphatic heterocycles. The minimum atomic E-state index is -0.929. The highest BCUT2D eigenvalue weighted by Crippen LogP contribution is 2.35. The lowest BCUT2D eigenvalue weighted by Crippen LogP contribution is -2.52. The number of nitrogens with one attached hydrogen (secondary N) is 1. The van der Waals surface area contributed by atoms with Gasteiger partial charge >= 0.3 is 5.97 Å². The van der Waals surface area contributed by atoms with Gasteiger partial charge in [0.15, 0.2) is 0 Å². The molecule has 0 bridgehead atoms. The Kier molecular flexibility index (Phi) is 6.82. The van der Waals surface area contributed by atoms with Crippen LogP contribution in [-0.2, 0) is 14.4 Å². The van der Waals surface area contributed by atoms with Gasteiger partial charge in [-0.2, -0.15) is 0 Å². The van der Waals surface area contributed by atoms with Crippen molar-refractivity contribution in [2.24, 2.45) is 5.41 Å². The van der Waals surface area contributed by atoms with E-state index in [4.69, 9.17) is 5.11 Å². The van der Waals surface area contributed by atoms with Crippen molar-refractivity contribution in [3.63, 3.8) is 0 Å². The summed E-state index contributed by atoms with van der Waals surface area (Å²) in [5.74, 6) is -2.21. The summed E-state index contributed by atoms with van der Waals surface area (Å²) in [6, 6.07) is 4.38. The molecule has 1 unspecified atom stereocenters. The van der Waals surface area contributed by atoms with Gasteiger partial charge in [-0.15, -0.1) is 0 Å². The number of anilines is 1. The van der Waals surface area contributed by atoms with Gasteiger partial charge in [0, 0.05) is 39.1 Å². The fraction of sp³-hybridized carbons (Fsp3) is 0.560. The minimum Gasteiger partial charge on any atom is -0.481 e. The monoisotopic (exact) mass is 484 g/mol. The van der Waals surface area contributed by atoms with E-state index >= 15 is 0 Å². The molecular formula is C25H32N4O6. The number of carbonyl (C=O) groups excluding carboxylic acids is 4. The van der Waals surface area contributed by atoms with Gasteiger partial charge in [-0.3, -0.25) is 28.9 Å². The predicted molar refractivity (Wildman–Crippen MR) is 127 cm³/mol. The number of carboxylic acids is 1. The largest absolute Gasteiger partial charge is 0.481 e. The lowest BCUT2D eigenvalue weighted by Gasteiger charge is -2.29. The van der Waals surface area contributed by atoms with Gasteiger partial charge in [-0.05, 0) is 36.8 Å². The number of imide groups is 1. The van der Waals surface area contributed by atoms with Crippen LogP contribution in [0.2, 0.25) is 0 Å². The lowest BCUT2D eigenvalue weighted by molar-refractivity contribution is -0.140. The summed E-state index contributed by atoms with van der Waals surface area (Å²) in [6.07, 6.45) is 1.89. The molecule has 3 aliphatic rings. The molecule has 0 aromatic heterocycles. The van der Waals surface area contributed by atoms with Gasteiger partial charge in [-0.25, -0.2) is 0 Å². The first-order valence-corrected chi connectivity index (χ1v) is 12.1. The fourth-order valence-corrected chi connectivity index (χ4v) is 5.24. The number of carbonyl (C=O) groups is 5. The van der Waals surface area contributed by atoms with Crippen molar-refractivity contribution in [1.29, 1.82) is 0 Å². The van der Waals surface area contributed by atoms with E-state index in [1.807, 2.05) is 11.0 Å². The third kappa shape index (κ3) is 5.01. The Morgan fingerprint density at radius 3 is 2.51 bits per heavy atom. The predicted octanol–water partition coefficient (Wildman–Crippen LogP) is 1.49. The molecule has 1 aromatic rings.